The molecule has 9 heavy (non-hydrogen) atoms. The van der Waals surface area contributed by atoms with Crippen molar-refractivity contribution in [3.8, 4) is 0 Å². The Labute approximate surface area is 67.6 Å². The molecule has 0 aliphatic heterocycles. The first-order valence-corrected chi connectivity index (χ1v) is 7.31. The molecule has 0 aromatic rings. The van der Waals surface area contributed by atoms with Crippen LogP contribution in [0.15, 0.2) is 25.3 Å². The molecule has 58 valence electrons. The van der Waals surface area contributed by atoms with Crippen molar-refractivity contribution in [1.82, 2.24) is 0 Å². The van der Waals surface area contributed by atoms with Crippen LogP contribution in [-0.2, 0) is 18.6 Å². The predicted octanol–water partition coefficient (Wildman–Crippen LogP) is 3.30. The molecule has 0 saturated carbocycles. The van der Waals surface area contributed by atoms with Crippen LogP contribution in [0.3, 0.4) is 0 Å². The van der Waals surface area contributed by atoms with Gasteiger partial charge in [-0.3, -0.25) is 0 Å². The molecule has 0 aliphatic carbocycles. The second-order valence-electron chi connectivity index (χ2n) is 1.47. The first-order valence-electron chi connectivity index (χ1n) is 2.77. The van der Waals surface area contributed by atoms with E-state index in [9.17, 15) is 0 Å². The summed E-state index contributed by atoms with van der Waals surface area (Å²) in [6.45, 7) is 7.10. The van der Waals surface area contributed by atoms with Crippen LogP contribution in [0.2, 0.25) is 10.6 Å². The number of hydrogen-bond donors (Lipinski definition) is 0. The van der Waals surface area contributed by atoms with Crippen LogP contribution in [0.25, 0.3) is 0 Å². The fourth-order valence-corrected chi connectivity index (χ4v) is 0.236. The molecule has 0 bridgehead atoms. The van der Waals surface area contributed by atoms with E-state index in [0.29, 0.717) is 18.6 Å². The van der Waals surface area contributed by atoms with E-state index in [1.54, 1.807) is 0 Å². The summed E-state index contributed by atoms with van der Waals surface area (Å²) in [4.78, 5) is 0. The summed E-state index contributed by atoms with van der Waals surface area (Å²) in [5, 5.41) is 4.47. The van der Waals surface area contributed by atoms with Crippen molar-refractivity contribution in [2.24, 2.45) is 0 Å². The van der Waals surface area contributed by atoms with E-state index >= 15 is 0 Å². The van der Waals surface area contributed by atoms with Gasteiger partial charge in [0.1, 0.15) is 0 Å². The molecule has 0 unspecified atom stereocenters. The van der Waals surface area contributed by atoms with Gasteiger partial charge >= 0.3 is 29.2 Å². The first kappa shape index (κ1) is 11.9. The van der Waals surface area contributed by atoms with Gasteiger partial charge in [0, 0.05) is 0 Å². The van der Waals surface area contributed by atoms with Gasteiger partial charge in [-0.1, -0.05) is 12.2 Å². The molecule has 0 amide bonds. The molecule has 0 heterocycles. The quantitative estimate of drug-likeness (QED) is 0.554. The Balaban J connectivity index is 0. The van der Waals surface area contributed by atoms with Crippen molar-refractivity contribution in [2.75, 3.05) is 0 Å². The van der Waals surface area contributed by atoms with E-state index in [2.05, 4.69) is 23.8 Å². The molecule has 0 N–H and O–H groups in total. The summed E-state index contributed by atoms with van der Waals surface area (Å²) in [5.41, 5.74) is 0. The van der Waals surface area contributed by atoms with Gasteiger partial charge in [-0.15, -0.1) is 13.2 Å². The third-order valence-corrected chi connectivity index (χ3v) is 0.575. The third kappa shape index (κ3) is 31.0. The zero-order valence-corrected chi connectivity index (χ0v) is 8.57. The van der Waals surface area contributed by atoms with Crippen molar-refractivity contribution < 1.29 is 18.6 Å². The summed E-state index contributed by atoms with van der Waals surface area (Å²) >= 11 is 0.583. The van der Waals surface area contributed by atoms with Crippen LogP contribution >= 0.6 is 0 Å². The predicted molar refractivity (Wildman–Crippen MR) is 41.4 cm³/mol. The number of unbranched alkanes of at least 4 members (excludes halogenated alkanes) is 1. The number of hydrogen-bond acceptors (Lipinski definition) is 0. The van der Waals surface area contributed by atoms with Gasteiger partial charge in [0.15, 0.2) is 0 Å². The molecule has 0 nitrogen and oxygen atoms in total. The molecule has 0 fully saturated rings. The molecule has 0 radical (unpaired) electrons. The standard InChI is InChI=1S/C6H10.2CH3.Pt/c1-3-5-6-4-2;;;/h3-4H,1-2,5-6H2;2*1H3;. The Morgan fingerprint density at radius 2 is 1.33 bits per heavy atom. The van der Waals surface area contributed by atoms with E-state index < -0.39 is 0 Å². The van der Waals surface area contributed by atoms with Crippen LogP contribution in [0.4, 0.5) is 0 Å². The van der Waals surface area contributed by atoms with Gasteiger partial charge in [-0.05, 0) is 12.8 Å². The topological polar surface area (TPSA) is 0 Å². The van der Waals surface area contributed by atoms with Gasteiger partial charge < -0.3 is 0 Å². The van der Waals surface area contributed by atoms with Crippen molar-refractivity contribution in [1.29, 1.82) is 0 Å². The average molecular weight is 307 g/mol. The van der Waals surface area contributed by atoms with E-state index in [-0.39, 0.29) is 0 Å². The molecular weight excluding hydrogens is 291 g/mol. The summed E-state index contributed by atoms with van der Waals surface area (Å²) in [6.07, 6.45) is 5.90. The second kappa shape index (κ2) is 15.7. The fraction of sp³-hybridized carbons (Fsp3) is 0.500. The number of rotatable bonds is 3. The molecule has 0 atom stereocenters. The summed E-state index contributed by atoms with van der Waals surface area (Å²) < 4.78 is 0. The minimum absolute atomic E-state index is 0.583. The zero-order valence-electron chi connectivity index (χ0n) is 6.30. The molecule has 0 aromatic heterocycles. The SMILES string of the molecule is C=CCCC=C.[CH3][Pt][CH3]. The van der Waals surface area contributed by atoms with Crippen LogP contribution in [0.5, 0.6) is 0 Å². The summed E-state index contributed by atoms with van der Waals surface area (Å²) in [5.74, 6) is 0. The Kier molecular flexibility index (Phi) is 20.8. The van der Waals surface area contributed by atoms with Crippen LogP contribution in [0, 0.1) is 0 Å². The first-order chi connectivity index (χ1) is 4.33. The van der Waals surface area contributed by atoms with Crippen LogP contribution in [0.1, 0.15) is 12.8 Å². The van der Waals surface area contributed by atoms with E-state index in [0.717, 1.165) is 12.8 Å². The Morgan fingerprint density at radius 3 is 1.44 bits per heavy atom. The Morgan fingerprint density at radius 1 is 1.11 bits per heavy atom. The summed E-state index contributed by atoms with van der Waals surface area (Å²) in [6, 6.07) is 0. The van der Waals surface area contributed by atoms with E-state index in [1.807, 2.05) is 12.2 Å². The molecule has 1 heteroatoms. The van der Waals surface area contributed by atoms with E-state index in [1.165, 1.54) is 0 Å². The molecule has 0 saturated heterocycles. The second-order valence-corrected chi connectivity index (χ2v) is 3.74. The van der Waals surface area contributed by atoms with Crippen LogP contribution < -0.4 is 0 Å². The summed E-state index contributed by atoms with van der Waals surface area (Å²) in [7, 11) is 0. The average Bonchev–Trinajstić information content (AvgIpc) is 1.86. The van der Waals surface area contributed by atoms with Gasteiger partial charge in [0.05, 0.1) is 0 Å². The molecule has 0 aliphatic rings. The normalized spacial score (nSPS) is 7.33. The minimum atomic E-state index is 0.583. The Hall–Kier alpha value is 0.168. The van der Waals surface area contributed by atoms with Crippen molar-refractivity contribution >= 4 is 0 Å². The molecule has 0 spiro atoms. The van der Waals surface area contributed by atoms with Gasteiger partial charge in [0.2, 0.25) is 0 Å². The van der Waals surface area contributed by atoms with Gasteiger partial charge in [-0.25, -0.2) is 0 Å². The van der Waals surface area contributed by atoms with Crippen molar-refractivity contribution in [3.05, 3.63) is 25.3 Å². The monoisotopic (exact) mass is 307 g/mol. The van der Waals surface area contributed by atoms with E-state index in [4.69, 9.17) is 0 Å². The maximum absolute atomic E-state index is 3.55. The van der Waals surface area contributed by atoms with Crippen molar-refractivity contribution in [2.45, 2.75) is 23.5 Å². The molecule has 0 aromatic carbocycles. The van der Waals surface area contributed by atoms with Crippen LogP contribution in [-0.4, -0.2) is 0 Å². The third-order valence-electron chi connectivity index (χ3n) is 0.575. The molecular formula is C8H16Pt. The fourth-order valence-electron chi connectivity index (χ4n) is 0.236. The zero-order chi connectivity index (χ0) is 7.54. The van der Waals surface area contributed by atoms with Gasteiger partial charge in [-0.2, -0.15) is 0 Å². The van der Waals surface area contributed by atoms with Gasteiger partial charge in [0.25, 0.3) is 0 Å². The number of allylic oxidation sites excluding steroid dienone is 2. The van der Waals surface area contributed by atoms with Crippen molar-refractivity contribution in [3.63, 3.8) is 0 Å². The molecule has 0 rings (SSSR count). The maximum atomic E-state index is 3.55. The Bertz CT molecular complexity index is 49.6.